The summed E-state index contributed by atoms with van der Waals surface area (Å²) >= 11 is 0. The second kappa shape index (κ2) is 11.3. The largest absolute Gasteiger partial charge is 0.480 e. The van der Waals surface area contributed by atoms with Crippen molar-refractivity contribution >= 4 is 23.6 Å². The van der Waals surface area contributed by atoms with Crippen molar-refractivity contribution in [2.45, 2.75) is 57.7 Å². The van der Waals surface area contributed by atoms with Gasteiger partial charge in [0.05, 0.1) is 12.6 Å². The van der Waals surface area contributed by atoms with Crippen LogP contribution in [0.3, 0.4) is 0 Å². The first-order valence-corrected chi connectivity index (χ1v) is 10.2. The first-order valence-electron chi connectivity index (χ1n) is 10.2. The van der Waals surface area contributed by atoms with Gasteiger partial charge in [0.15, 0.2) is 0 Å². The molecule has 7 N–H and O–H groups in total. The Bertz CT molecular complexity index is 759. The molecule has 0 saturated heterocycles. The van der Waals surface area contributed by atoms with Crippen LogP contribution in [-0.2, 0) is 20.9 Å². The number of nitrogens with one attached hydrogen (secondary N) is 4. The third kappa shape index (κ3) is 7.14. The van der Waals surface area contributed by atoms with Crippen LogP contribution in [0.5, 0.6) is 0 Å². The van der Waals surface area contributed by atoms with Crippen LogP contribution < -0.4 is 21.7 Å². The monoisotopic (exact) mass is 417 g/mol. The van der Waals surface area contributed by atoms with E-state index in [0.717, 1.165) is 37.7 Å². The number of benzene rings is 1. The Labute approximate surface area is 176 Å². The van der Waals surface area contributed by atoms with E-state index in [4.69, 9.17) is 16.2 Å². The molecule has 2 amide bonds. The SMILES string of the molecule is C[C@H](NC(=O)[C@H](NCC(=O)O)C1CCCCC1)C(=O)NCc1ccc(C(=N)N)cc1. The highest BCUT2D eigenvalue weighted by molar-refractivity contribution is 5.95. The predicted octanol–water partition coefficient (Wildman–Crippen LogP) is 0.715. The molecule has 0 aromatic heterocycles. The summed E-state index contributed by atoms with van der Waals surface area (Å²) in [7, 11) is 0. The Morgan fingerprint density at radius 2 is 1.77 bits per heavy atom. The highest BCUT2D eigenvalue weighted by atomic mass is 16.4. The summed E-state index contributed by atoms with van der Waals surface area (Å²) in [6.07, 6.45) is 4.88. The lowest BCUT2D eigenvalue weighted by Gasteiger charge is -2.30. The Morgan fingerprint density at radius 3 is 2.33 bits per heavy atom. The summed E-state index contributed by atoms with van der Waals surface area (Å²) in [6, 6.07) is 5.57. The van der Waals surface area contributed by atoms with E-state index in [1.807, 2.05) is 0 Å². The number of carboxylic acid groups (broad SMARTS) is 1. The van der Waals surface area contributed by atoms with Crippen molar-refractivity contribution in [3.05, 3.63) is 35.4 Å². The number of amidine groups is 1. The van der Waals surface area contributed by atoms with Gasteiger partial charge in [-0.2, -0.15) is 0 Å². The molecule has 0 bridgehead atoms. The van der Waals surface area contributed by atoms with Gasteiger partial charge in [-0.15, -0.1) is 0 Å². The predicted molar refractivity (Wildman–Crippen MR) is 113 cm³/mol. The fourth-order valence-electron chi connectivity index (χ4n) is 3.65. The molecule has 0 aliphatic heterocycles. The van der Waals surface area contributed by atoms with Crippen LogP contribution in [0.15, 0.2) is 24.3 Å². The van der Waals surface area contributed by atoms with Crippen molar-refractivity contribution in [2.75, 3.05) is 6.54 Å². The molecule has 164 valence electrons. The minimum Gasteiger partial charge on any atom is -0.480 e. The van der Waals surface area contributed by atoms with Crippen LogP contribution in [0, 0.1) is 11.3 Å². The van der Waals surface area contributed by atoms with Crippen LogP contribution in [0.2, 0.25) is 0 Å². The van der Waals surface area contributed by atoms with E-state index in [1.165, 1.54) is 0 Å². The molecule has 0 unspecified atom stereocenters. The fourth-order valence-corrected chi connectivity index (χ4v) is 3.65. The summed E-state index contributed by atoms with van der Waals surface area (Å²) < 4.78 is 0. The summed E-state index contributed by atoms with van der Waals surface area (Å²) in [6.45, 7) is 1.58. The Morgan fingerprint density at radius 1 is 1.13 bits per heavy atom. The lowest BCUT2D eigenvalue weighted by Crippen LogP contribution is -2.55. The summed E-state index contributed by atoms with van der Waals surface area (Å²) in [5, 5.41) is 24.7. The molecule has 0 spiro atoms. The number of carbonyl (C=O) groups is 3. The standard InChI is InChI=1S/C21H31N5O4/c1-13(20(29)25-11-14-7-9-16(10-8-14)19(22)23)26-21(30)18(24-12-17(27)28)15-5-3-2-4-6-15/h7-10,13,15,18,24H,2-6,11-12H2,1H3,(H3,22,23)(H,25,29)(H,26,30)(H,27,28)/t13-,18+/m0/s1. The van der Waals surface area contributed by atoms with Gasteiger partial charge in [-0.1, -0.05) is 43.5 Å². The number of nitrogen functional groups attached to an aromatic ring is 1. The van der Waals surface area contributed by atoms with Gasteiger partial charge in [0, 0.05) is 12.1 Å². The fraction of sp³-hybridized carbons (Fsp3) is 0.524. The maximum atomic E-state index is 12.8. The van der Waals surface area contributed by atoms with Gasteiger partial charge in [0.2, 0.25) is 11.8 Å². The minimum absolute atomic E-state index is 0.0223. The van der Waals surface area contributed by atoms with Crippen LogP contribution in [0.4, 0.5) is 0 Å². The zero-order valence-electron chi connectivity index (χ0n) is 17.2. The quantitative estimate of drug-likeness (QED) is 0.243. The second-order valence-corrected chi connectivity index (χ2v) is 7.71. The molecule has 1 aromatic rings. The second-order valence-electron chi connectivity index (χ2n) is 7.71. The highest BCUT2D eigenvalue weighted by Crippen LogP contribution is 2.26. The van der Waals surface area contributed by atoms with Gasteiger partial charge in [-0.3, -0.25) is 25.1 Å². The molecule has 1 aromatic carbocycles. The highest BCUT2D eigenvalue weighted by Gasteiger charge is 2.31. The van der Waals surface area contributed by atoms with Crippen molar-refractivity contribution < 1.29 is 19.5 Å². The summed E-state index contributed by atoms with van der Waals surface area (Å²) in [4.78, 5) is 36.1. The number of carbonyl (C=O) groups excluding carboxylic acids is 2. The summed E-state index contributed by atoms with van der Waals surface area (Å²) in [5.74, 6) is -1.67. The molecule has 2 atom stereocenters. The van der Waals surface area contributed by atoms with E-state index in [-0.39, 0.29) is 36.7 Å². The minimum atomic E-state index is -1.02. The van der Waals surface area contributed by atoms with Crippen LogP contribution >= 0.6 is 0 Å². The van der Waals surface area contributed by atoms with E-state index >= 15 is 0 Å². The Balaban J connectivity index is 1.89. The average molecular weight is 418 g/mol. The molecule has 1 aliphatic rings. The number of hydrogen-bond acceptors (Lipinski definition) is 5. The van der Waals surface area contributed by atoms with Crippen LogP contribution in [-0.4, -0.2) is 47.4 Å². The normalized spacial score (nSPS) is 16.3. The van der Waals surface area contributed by atoms with Crippen LogP contribution in [0.25, 0.3) is 0 Å². The van der Waals surface area contributed by atoms with Crippen molar-refractivity contribution in [1.29, 1.82) is 5.41 Å². The number of amides is 2. The molecule has 1 saturated carbocycles. The molecule has 0 heterocycles. The first-order chi connectivity index (χ1) is 14.3. The molecule has 0 radical (unpaired) electrons. The maximum Gasteiger partial charge on any atom is 0.317 e. The van der Waals surface area contributed by atoms with E-state index < -0.39 is 18.1 Å². The van der Waals surface area contributed by atoms with Crippen molar-refractivity contribution in [3.8, 4) is 0 Å². The molecule has 30 heavy (non-hydrogen) atoms. The van der Waals surface area contributed by atoms with Crippen molar-refractivity contribution in [2.24, 2.45) is 11.7 Å². The molecule has 1 aliphatic carbocycles. The number of aliphatic carboxylic acids is 1. The van der Waals surface area contributed by atoms with Gasteiger partial charge in [-0.25, -0.2) is 0 Å². The van der Waals surface area contributed by atoms with Gasteiger partial charge >= 0.3 is 5.97 Å². The van der Waals surface area contributed by atoms with Gasteiger partial charge < -0.3 is 21.5 Å². The maximum absolute atomic E-state index is 12.8. The number of rotatable bonds is 10. The lowest BCUT2D eigenvalue weighted by molar-refractivity contribution is -0.137. The Hall–Kier alpha value is -2.94. The smallest absolute Gasteiger partial charge is 0.317 e. The van der Waals surface area contributed by atoms with Crippen molar-refractivity contribution in [1.82, 2.24) is 16.0 Å². The van der Waals surface area contributed by atoms with Gasteiger partial charge in [0.1, 0.15) is 11.9 Å². The zero-order chi connectivity index (χ0) is 22.1. The molecule has 9 heteroatoms. The number of carboxylic acids is 1. The van der Waals surface area contributed by atoms with Gasteiger partial charge in [-0.05, 0) is 31.2 Å². The zero-order valence-corrected chi connectivity index (χ0v) is 17.2. The molecular weight excluding hydrogens is 386 g/mol. The molecular formula is C21H31N5O4. The number of hydrogen-bond donors (Lipinski definition) is 6. The van der Waals surface area contributed by atoms with Gasteiger partial charge in [0.25, 0.3) is 0 Å². The lowest BCUT2D eigenvalue weighted by atomic mass is 9.83. The molecule has 9 nitrogen and oxygen atoms in total. The van der Waals surface area contributed by atoms with Crippen molar-refractivity contribution in [3.63, 3.8) is 0 Å². The molecule has 2 rings (SSSR count). The third-order valence-electron chi connectivity index (χ3n) is 5.36. The van der Waals surface area contributed by atoms with E-state index in [0.29, 0.717) is 5.56 Å². The van der Waals surface area contributed by atoms with E-state index in [2.05, 4.69) is 16.0 Å². The third-order valence-corrected chi connectivity index (χ3v) is 5.36. The molecule has 1 fully saturated rings. The number of nitrogens with two attached hydrogens (primary N) is 1. The van der Waals surface area contributed by atoms with Crippen LogP contribution in [0.1, 0.15) is 50.2 Å². The average Bonchev–Trinajstić information content (AvgIpc) is 2.72. The van der Waals surface area contributed by atoms with E-state index in [1.54, 1.807) is 31.2 Å². The summed E-state index contributed by atoms with van der Waals surface area (Å²) in [5.41, 5.74) is 6.87. The Kier molecular flexibility index (Phi) is 8.79. The first kappa shape index (κ1) is 23.3. The van der Waals surface area contributed by atoms with E-state index in [9.17, 15) is 14.4 Å². The topological polar surface area (TPSA) is 157 Å².